The molecule has 0 unspecified atom stereocenters. The van der Waals surface area contributed by atoms with Gasteiger partial charge in [-0.1, -0.05) is 30.3 Å². The van der Waals surface area contributed by atoms with Gasteiger partial charge < -0.3 is 15.0 Å². The van der Waals surface area contributed by atoms with E-state index < -0.39 is 0 Å². The first-order valence-corrected chi connectivity index (χ1v) is 10.5. The number of aryl methyl sites for hydroxylation is 1. The van der Waals surface area contributed by atoms with Crippen LogP contribution >= 0.6 is 0 Å². The molecule has 0 spiro atoms. The van der Waals surface area contributed by atoms with Crippen LogP contribution in [0, 0.1) is 12.7 Å². The highest BCUT2D eigenvalue weighted by Gasteiger charge is 2.38. The van der Waals surface area contributed by atoms with E-state index in [0.717, 1.165) is 41.7 Å². The number of H-pyrrole nitrogens is 1. The van der Waals surface area contributed by atoms with Crippen molar-refractivity contribution >= 4 is 16.8 Å². The van der Waals surface area contributed by atoms with E-state index in [4.69, 9.17) is 4.74 Å². The zero-order valence-electron chi connectivity index (χ0n) is 17.0. The second-order valence-electron chi connectivity index (χ2n) is 8.44. The Morgan fingerprint density at radius 2 is 2.07 bits per heavy atom. The number of amides is 1. The van der Waals surface area contributed by atoms with E-state index in [1.165, 1.54) is 17.7 Å². The van der Waals surface area contributed by atoms with Crippen molar-refractivity contribution in [2.45, 2.75) is 38.0 Å². The lowest BCUT2D eigenvalue weighted by atomic mass is 10.1. The van der Waals surface area contributed by atoms with Gasteiger partial charge in [0.2, 0.25) is 5.91 Å². The predicted octanol–water partition coefficient (Wildman–Crippen LogP) is 3.49. The molecule has 156 valence electrons. The van der Waals surface area contributed by atoms with Crippen LogP contribution in [0.5, 0.6) is 0 Å². The van der Waals surface area contributed by atoms with Gasteiger partial charge in [-0.05, 0) is 42.7 Å². The van der Waals surface area contributed by atoms with Crippen molar-refractivity contribution in [2.75, 3.05) is 19.7 Å². The van der Waals surface area contributed by atoms with Gasteiger partial charge in [-0.15, -0.1) is 0 Å². The predicted molar refractivity (Wildman–Crippen MR) is 114 cm³/mol. The molecule has 5 rings (SSSR count). The van der Waals surface area contributed by atoms with Gasteiger partial charge in [-0.2, -0.15) is 0 Å². The highest BCUT2D eigenvalue weighted by atomic mass is 19.1. The average Bonchev–Trinajstić information content (AvgIpc) is 3.28. The first-order valence-electron chi connectivity index (χ1n) is 10.5. The lowest BCUT2D eigenvalue weighted by Gasteiger charge is -2.35. The van der Waals surface area contributed by atoms with Crippen molar-refractivity contribution in [3.05, 3.63) is 71.2 Å². The number of halogens is 1. The third-order valence-electron chi connectivity index (χ3n) is 6.37. The molecular formula is C24H26FN3O2. The molecule has 6 heteroatoms. The Bertz CT molecular complexity index is 1070. The number of nitrogens with zero attached hydrogens (tertiary/aromatic N) is 1. The number of fused-ring (bicyclic) bond motifs is 2. The van der Waals surface area contributed by atoms with E-state index in [2.05, 4.69) is 27.3 Å². The lowest BCUT2D eigenvalue weighted by molar-refractivity contribution is -0.121. The third kappa shape index (κ3) is 3.73. The van der Waals surface area contributed by atoms with Gasteiger partial charge in [-0.3, -0.25) is 9.69 Å². The van der Waals surface area contributed by atoms with Crippen LogP contribution in [0.3, 0.4) is 0 Å². The number of carbonyl (C=O) groups excluding carboxylic acids is 1. The molecule has 3 heterocycles. The Kier molecular flexibility index (Phi) is 5.05. The number of hydrogen-bond acceptors (Lipinski definition) is 3. The summed E-state index contributed by atoms with van der Waals surface area (Å²) < 4.78 is 19.8. The first kappa shape index (κ1) is 19.3. The van der Waals surface area contributed by atoms with Gasteiger partial charge in [0, 0.05) is 41.8 Å². The fourth-order valence-corrected chi connectivity index (χ4v) is 4.87. The summed E-state index contributed by atoms with van der Waals surface area (Å²) in [6.45, 7) is 4.30. The van der Waals surface area contributed by atoms with Gasteiger partial charge in [0.05, 0.1) is 19.1 Å². The lowest BCUT2D eigenvalue weighted by Crippen LogP contribution is -2.43. The molecule has 2 saturated heterocycles. The number of aromatic amines is 1. The number of benzene rings is 2. The number of carbonyl (C=O) groups is 1. The van der Waals surface area contributed by atoms with E-state index >= 15 is 0 Å². The van der Waals surface area contributed by atoms with Crippen LogP contribution in [0.2, 0.25) is 0 Å². The summed E-state index contributed by atoms with van der Waals surface area (Å²) in [4.78, 5) is 18.4. The van der Waals surface area contributed by atoms with Crippen molar-refractivity contribution in [3.63, 3.8) is 0 Å². The zero-order valence-corrected chi connectivity index (χ0v) is 17.0. The van der Waals surface area contributed by atoms with Crippen LogP contribution in [0.15, 0.2) is 48.5 Å². The van der Waals surface area contributed by atoms with Gasteiger partial charge in [-0.25, -0.2) is 4.39 Å². The molecule has 2 N–H and O–H groups in total. The fourth-order valence-electron chi connectivity index (χ4n) is 4.87. The molecule has 5 nitrogen and oxygen atoms in total. The van der Waals surface area contributed by atoms with Gasteiger partial charge >= 0.3 is 0 Å². The van der Waals surface area contributed by atoms with E-state index in [1.54, 1.807) is 6.07 Å². The molecule has 0 bridgehead atoms. The molecule has 0 saturated carbocycles. The topological polar surface area (TPSA) is 57.4 Å². The Morgan fingerprint density at radius 1 is 1.23 bits per heavy atom. The first-order chi connectivity index (χ1) is 14.6. The van der Waals surface area contributed by atoms with Crippen LogP contribution in [-0.4, -0.2) is 47.6 Å². The Balaban J connectivity index is 1.22. The van der Waals surface area contributed by atoms with Crippen LogP contribution < -0.4 is 5.32 Å². The van der Waals surface area contributed by atoms with E-state index in [0.29, 0.717) is 12.6 Å². The summed E-state index contributed by atoms with van der Waals surface area (Å²) in [6.07, 6.45) is 1.23. The SMILES string of the molecule is Cc1[nH]c2ccc(F)cc2c1CC(=O)N[C@H]1C[C@H]2CO[C@@H](c3ccccc3)CN2C1. The van der Waals surface area contributed by atoms with Crippen LogP contribution in [0.4, 0.5) is 4.39 Å². The molecule has 3 aromatic rings. The number of nitrogens with one attached hydrogen (secondary N) is 2. The maximum Gasteiger partial charge on any atom is 0.224 e. The van der Waals surface area contributed by atoms with Gasteiger partial charge in [0.25, 0.3) is 0 Å². The number of hydrogen-bond donors (Lipinski definition) is 2. The second kappa shape index (κ2) is 7.85. The molecule has 2 fully saturated rings. The van der Waals surface area contributed by atoms with Crippen molar-refractivity contribution in [3.8, 4) is 0 Å². The summed E-state index contributed by atoms with van der Waals surface area (Å²) in [5.74, 6) is -0.308. The normalized spacial score (nSPS) is 24.1. The summed E-state index contributed by atoms with van der Waals surface area (Å²) in [5.41, 5.74) is 3.84. The van der Waals surface area contributed by atoms with Crippen molar-refractivity contribution in [1.29, 1.82) is 0 Å². The zero-order chi connectivity index (χ0) is 20.7. The van der Waals surface area contributed by atoms with Gasteiger partial charge in [0.1, 0.15) is 5.82 Å². The molecule has 3 atom stereocenters. The molecule has 1 amide bonds. The quantitative estimate of drug-likeness (QED) is 0.696. The molecule has 2 aromatic carbocycles. The monoisotopic (exact) mass is 407 g/mol. The summed E-state index contributed by atoms with van der Waals surface area (Å²) >= 11 is 0. The number of rotatable bonds is 4. The Labute approximate surface area is 175 Å². The molecule has 0 aliphatic carbocycles. The third-order valence-corrected chi connectivity index (χ3v) is 6.37. The standard InChI is InChI=1S/C24H26FN3O2/c1-15-20(21-9-17(25)7-8-22(21)26-15)11-24(29)27-18-10-19-14-30-23(13-28(19)12-18)16-5-3-2-4-6-16/h2-9,18-19,23,26H,10-14H2,1H3,(H,27,29)/t18-,19-,23+/m0/s1. The molecule has 1 aromatic heterocycles. The largest absolute Gasteiger partial charge is 0.371 e. The summed E-state index contributed by atoms with van der Waals surface area (Å²) in [6, 6.07) is 15.4. The maximum atomic E-state index is 13.7. The minimum Gasteiger partial charge on any atom is -0.371 e. The van der Waals surface area contributed by atoms with E-state index in [-0.39, 0.29) is 30.3 Å². The van der Waals surface area contributed by atoms with Crippen molar-refractivity contribution < 1.29 is 13.9 Å². The molecular weight excluding hydrogens is 381 g/mol. The van der Waals surface area contributed by atoms with Crippen molar-refractivity contribution in [2.24, 2.45) is 0 Å². The number of ether oxygens (including phenoxy) is 1. The molecule has 0 radical (unpaired) electrons. The smallest absolute Gasteiger partial charge is 0.224 e. The van der Waals surface area contributed by atoms with Gasteiger partial charge in [0.15, 0.2) is 0 Å². The molecule has 30 heavy (non-hydrogen) atoms. The van der Waals surface area contributed by atoms with Crippen LogP contribution in [0.1, 0.15) is 29.3 Å². The number of aromatic nitrogens is 1. The minimum atomic E-state index is -0.288. The number of morpholine rings is 1. The average molecular weight is 407 g/mol. The second-order valence-corrected chi connectivity index (χ2v) is 8.44. The highest BCUT2D eigenvalue weighted by molar-refractivity contribution is 5.90. The minimum absolute atomic E-state index is 0.0198. The summed E-state index contributed by atoms with van der Waals surface area (Å²) in [7, 11) is 0. The molecule has 2 aliphatic heterocycles. The summed E-state index contributed by atoms with van der Waals surface area (Å²) in [5, 5.41) is 3.97. The van der Waals surface area contributed by atoms with Crippen LogP contribution in [0.25, 0.3) is 10.9 Å². The van der Waals surface area contributed by atoms with Crippen LogP contribution in [-0.2, 0) is 16.0 Å². The maximum absolute atomic E-state index is 13.7. The Morgan fingerprint density at radius 3 is 2.90 bits per heavy atom. The van der Waals surface area contributed by atoms with E-state index in [1.807, 2.05) is 25.1 Å². The fraction of sp³-hybridized carbons (Fsp3) is 0.375. The molecule has 2 aliphatic rings. The van der Waals surface area contributed by atoms with E-state index in [9.17, 15) is 9.18 Å². The Hall–Kier alpha value is -2.70. The van der Waals surface area contributed by atoms with Crippen molar-refractivity contribution in [1.82, 2.24) is 15.2 Å². The highest BCUT2D eigenvalue weighted by Crippen LogP contribution is 2.30.